The van der Waals surface area contributed by atoms with Crippen molar-refractivity contribution in [2.24, 2.45) is 5.73 Å². The summed E-state index contributed by atoms with van der Waals surface area (Å²) in [5.41, 5.74) is 4.98. The van der Waals surface area contributed by atoms with Gasteiger partial charge in [0.15, 0.2) is 10.9 Å². The number of Topliss-reactive ketones (excluding diaryl/α,β-unsaturated/α-hetero) is 1. The number of nitrogens with two attached hydrogens (primary N) is 1. The summed E-state index contributed by atoms with van der Waals surface area (Å²) in [6.45, 7) is 5.12. The highest BCUT2D eigenvalue weighted by Gasteiger charge is 2.27. The maximum Gasteiger partial charge on any atom is 0.245 e. The van der Waals surface area contributed by atoms with E-state index in [-0.39, 0.29) is 24.1 Å². The molecule has 0 aromatic carbocycles. The molecular formula is C11H18ClN3O2S. The van der Waals surface area contributed by atoms with Crippen LogP contribution in [0.15, 0.2) is 6.20 Å². The number of hydrogen-bond acceptors (Lipinski definition) is 5. The molecule has 1 rings (SSSR count). The Labute approximate surface area is 117 Å². The minimum Gasteiger partial charge on any atom is -0.318 e. The zero-order valence-electron chi connectivity index (χ0n) is 10.6. The van der Waals surface area contributed by atoms with Gasteiger partial charge in [0.05, 0.1) is 16.6 Å². The summed E-state index contributed by atoms with van der Waals surface area (Å²) in [6.07, 6.45) is 2.89. The standard InChI is InChI=1S/C11H17N3O2S.ClH/c1-4-5-11(3,12)9(16)14-10-13-6-8(17-10)7(2)15;/h6H,4-5,12H2,1-3H3,(H,13,14,16);1H. The van der Waals surface area contributed by atoms with Gasteiger partial charge in [0.25, 0.3) is 0 Å². The van der Waals surface area contributed by atoms with Crippen molar-refractivity contribution >= 4 is 40.6 Å². The summed E-state index contributed by atoms with van der Waals surface area (Å²) in [5, 5.41) is 3.04. The van der Waals surface area contributed by atoms with Gasteiger partial charge >= 0.3 is 0 Å². The van der Waals surface area contributed by atoms with Crippen LogP contribution in [0.5, 0.6) is 0 Å². The van der Waals surface area contributed by atoms with Crippen molar-refractivity contribution in [1.29, 1.82) is 0 Å². The fourth-order valence-electron chi connectivity index (χ4n) is 1.37. The lowest BCUT2D eigenvalue weighted by atomic mass is 9.97. The van der Waals surface area contributed by atoms with Crippen molar-refractivity contribution < 1.29 is 9.59 Å². The number of nitrogens with one attached hydrogen (secondary N) is 1. The topological polar surface area (TPSA) is 85.1 Å². The third-order valence-electron chi connectivity index (χ3n) is 2.36. The third kappa shape index (κ3) is 4.36. The van der Waals surface area contributed by atoms with Crippen LogP contribution in [0.3, 0.4) is 0 Å². The number of anilines is 1. The van der Waals surface area contributed by atoms with Crippen LogP contribution in [-0.4, -0.2) is 22.2 Å². The largest absolute Gasteiger partial charge is 0.318 e. The highest BCUT2D eigenvalue weighted by atomic mass is 35.5. The summed E-state index contributed by atoms with van der Waals surface area (Å²) < 4.78 is 0. The minimum absolute atomic E-state index is 0. The third-order valence-corrected chi connectivity index (χ3v) is 3.37. The van der Waals surface area contributed by atoms with Gasteiger partial charge in [0.1, 0.15) is 0 Å². The molecule has 7 heteroatoms. The van der Waals surface area contributed by atoms with Gasteiger partial charge in [-0.15, -0.1) is 12.4 Å². The Morgan fingerprint density at radius 1 is 1.56 bits per heavy atom. The van der Waals surface area contributed by atoms with Gasteiger partial charge < -0.3 is 11.1 Å². The van der Waals surface area contributed by atoms with Crippen LogP contribution < -0.4 is 11.1 Å². The minimum atomic E-state index is -0.906. The Kier molecular flexibility index (Phi) is 6.45. The van der Waals surface area contributed by atoms with Gasteiger partial charge in [-0.1, -0.05) is 24.7 Å². The first-order valence-electron chi connectivity index (χ1n) is 5.44. The van der Waals surface area contributed by atoms with E-state index in [0.29, 0.717) is 16.4 Å². The Bertz CT molecular complexity index is 432. The maximum atomic E-state index is 11.8. The van der Waals surface area contributed by atoms with Crippen LogP contribution in [0.2, 0.25) is 0 Å². The van der Waals surface area contributed by atoms with Crippen molar-refractivity contribution in [3.63, 3.8) is 0 Å². The second kappa shape index (κ2) is 6.82. The Balaban J connectivity index is 0.00000289. The summed E-state index contributed by atoms with van der Waals surface area (Å²) in [5.74, 6) is -0.337. The fraction of sp³-hybridized carbons (Fsp3) is 0.545. The van der Waals surface area contributed by atoms with Crippen molar-refractivity contribution in [2.45, 2.75) is 39.2 Å². The van der Waals surface area contributed by atoms with Crippen LogP contribution in [-0.2, 0) is 4.79 Å². The maximum absolute atomic E-state index is 11.8. The molecule has 102 valence electrons. The van der Waals surface area contributed by atoms with Gasteiger partial charge in [-0.25, -0.2) is 4.98 Å². The van der Waals surface area contributed by atoms with Gasteiger partial charge in [-0.05, 0) is 13.3 Å². The number of carbonyl (C=O) groups is 2. The van der Waals surface area contributed by atoms with Crippen LogP contribution in [0, 0.1) is 0 Å². The van der Waals surface area contributed by atoms with Crippen LogP contribution >= 0.6 is 23.7 Å². The first-order chi connectivity index (χ1) is 7.86. The van der Waals surface area contributed by atoms with Gasteiger partial charge in [0, 0.05) is 6.92 Å². The lowest BCUT2D eigenvalue weighted by Gasteiger charge is -2.21. The number of nitrogens with zero attached hydrogens (tertiary/aromatic N) is 1. The second-order valence-electron chi connectivity index (χ2n) is 4.21. The normalized spacial score (nSPS) is 13.3. The van der Waals surface area contributed by atoms with E-state index in [9.17, 15) is 9.59 Å². The number of aromatic nitrogens is 1. The van der Waals surface area contributed by atoms with E-state index in [2.05, 4.69) is 10.3 Å². The molecule has 0 aliphatic rings. The summed E-state index contributed by atoms with van der Waals surface area (Å²) >= 11 is 1.16. The number of carbonyl (C=O) groups excluding carboxylic acids is 2. The van der Waals surface area contributed by atoms with E-state index in [4.69, 9.17) is 5.73 Å². The molecular weight excluding hydrogens is 274 g/mol. The molecule has 5 nitrogen and oxygen atoms in total. The predicted molar refractivity (Wildman–Crippen MR) is 75.5 cm³/mol. The average molecular weight is 292 g/mol. The van der Waals surface area contributed by atoms with Gasteiger partial charge in [-0.2, -0.15) is 0 Å². The monoisotopic (exact) mass is 291 g/mol. The molecule has 0 saturated carbocycles. The molecule has 1 unspecified atom stereocenters. The molecule has 18 heavy (non-hydrogen) atoms. The molecule has 0 aliphatic heterocycles. The lowest BCUT2D eigenvalue weighted by molar-refractivity contribution is -0.120. The van der Waals surface area contributed by atoms with E-state index < -0.39 is 5.54 Å². The molecule has 0 spiro atoms. The molecule has 1 amide bonds. The predicted octanol–water partition coefficient (Wildman–Crippen LogP) is 2.22. The highest BCUT2D eigenvalue weighted by Crippen LogP contribution is 2.20. The van der Waals surface area contributed by atoms with Crippen molar-refractivity contribution in [3.05, 3.63) is 11.1 Å². The van der Waals surface area contributed by atoms with Crippen molar-refractivity contribution in [3.8, 4) is 0 Å². The zero-order valence-corrected chi connectivity index (χ0v) is 12.3. The van der Waals surface area contributed by atoms with E-state index in [1.54, 1.807) is 6.92 Å². The molecule has 1 aromatic rings. The van der Waals surface area contributed by atoms with Crippen LogP contribution in [0.4, 0.5) is 5.13 Å². The quantitative estimate of drug-likeness (QED) is 0.815. The number of rotatable bonds is 5. The molecule has 0 bridgehead atoms. The molecule has 1 atom stereocenters. The lowest BCUT2D eigenvalue weighted by Crippen LogP contribution is -2.48. The average Bonchev–Trinajstić information content (AvgIpc) is 2.66. The summed E-state index contributed by atoms with van der Waals surface area (Å²) in [7, 11) is 0. The van der Waals surface area contributed by atoms with E-state index in [0.717, 1.165) is 17.8 Å². The molecule has 0 aliphatic carbocycles. The smallest absolute Gasteiger partial charge is 0.245 e. The molecule has 0 fully saturated rings. The van der Waals surface area contributed by atoms with Gasteiger partial charge in [-0.3, -0.25) is 9.59 Å². The molecule has 3 N–H and O–H groups in total. The number of thiazole rings is 1. The van der Waals surface area contributed by atoms with E-state index in [1.165, 1.54) is 13.1 Å². The first kappa shape index (κ1) is 17.0. The summed E-state index contributed by atoms with van der Waals surface area (Å²) in [6, 6.07) is 0. The van der Waals surface area contributed by atoms with Gasteiger partial charge in [0.2, 0.25) is 5.91 Å². The Morgan fingerprint density at radius 2 is 2.17 bits per heavy atom. The fourth-order valence-corrected chi connectivity index (χ4v) is 2.07. The van der Waals surface area contributed by atoms with Crippen LogP contribution in [0.25, 0.3) is 0 Å². The second-order valence-corrected chi connectivity index (χ2v) is 5.24. The van der Waals surface area contributed by atoms with E-state index >= 15 is 0 Å². The van der Waals surface area contributed by atoms with Crippen molar-refractivity contribution in [2.75, 3.05) is 5.32 Å². The highest BCUT2D eigenvalue weighted by molar-refractivity contribution is 7.17. The number of ketones is 1. The first-order valence-corrected chi connectivity index (χ1v) is 6.25. The Hall–Kier alpha value is -0.980. The zero-order chi connectivity index (χ0) is 13.1. The van der Waals surface area contributed by atoms with Crippen molar-refractivity contribution in [1.82, 2.24) is 4.98 Å². The molecule has 1 aromatic heterocycles. The summed E-state index contributed by atoms with van der Waals surface area (Å²) in [4.78, 5) is 27.4. The molecule has 0 radical (unpaired) electrons. The van der Waals surface area contributed by atoms with Crippen LogP contribution in [0.1, 0.15) is 43.3 Å². The van der Waals surface area contributed by atoms with E-state index in [1.807, 2.05) is 6.92 Å². The Morgan fingerprint density at radius 3 is 2.61 bits per heavy atom. The number of halogens is 1. The number of amides is 1. The SMILES string of the molecule is CCCC(C)(N)C(=O)Nc1ncc(C(C)=O)s1.Cl. The molecule has 0 saturated heterocycles. The molecule has 1 heterocycles. The number of hydrogen-bond donors (Lipinski definition) is 2.